The summed E-state index contributed by atoms with van der Waals surface area (Å²) in [7, 11) is -4.89. The second-order valence-corrected chi connectivity index (χ2v) is 14.7. The molecular formula is C41H47N7O11S. The summed E-state index contributed by atoms with van der Waals surface area (Å²) in [6.45, 7) is 3.73. The number of nitrogens with one attached hydrogen (secondary N) is 2. The van der Waals surface area contributed by atoms with E-state index in [1.54, 1.807) is 24.0 Å². The first kappa shape index (κ1) is 45.2. The number of hydrogen-bond acceptors (Lipinski definition) is 14. The fraction of sp³-hybridized carbons (Fsp3) is 0.390. The number of para-hydroxylation sites is 1. The maximum absolute atomic E-state index is 13.4. The molecule has 1 unspecified atom stereocenters. The van der Waals surface area contributed by atoms with E-state index in [1.807, 2.05) is 60.7 Å². The standard InChI is InChI=1S/C41H47N7O11S/c1-30-44-46-40(47-45-30)33-12-14-35(15-13-33)59-27-26-58-25-24-57-23-22-56-21-20-55-19-17-38(49)43-28-37(60(52,53)54)41(51)42-18-16-39(50)48-29-34-8-3-2-6-31(34)10-11-32-7-4-5-9-36(32)48/h2-9,12-15,37H,16-29H2,1H3,(H,42,51)(H,43,49)(H,52,53,54). The third-order valence-corrected chi connectivity index (χ3v) is 9.83. The van der Waals surface area contributed by atoms with Crippen molar-refractivity contribution in [1.82, 2.24) is 31.0 Å². The lowest BCUT2D eigenvalue weighted by Crippen LogP contribution is -2.47. The Balaban J connectivity index is 0.872. The lowest BCUT2D eigenvalue weighted by Gasteiger charge is -2.26. The van der Waals surface area contributed by atoms with Gasteiger partial charge in [-0.1, -0.05) is 42.2 Å². The number of hydrogen-bond donors (Lipinski definition) is 3. The van der Waals surface area contributed by atoms with Crippen LogP contribution in [0.25, 0.3) is 11.4 Å². The Morgan fingerprint density at radius 1 is 0.733 bits per heavy atom. The van der Waals surface area contributed by atoms with Gasteiger partial charge in [-0.2, -0.15) is 8.42 Å². The van der Waals surface area contributed by atoms with E-state index in [4.69, 9.17) is 23.7 Å². The first-order valence-electron chi connectivity index (χ1n) is 19.2. The molecule has 0 radical (unpaired) electrons. The monoisotopic (exact) mass is 845 g/mol. The number of carbonyl (C=O) groups is 3. The molecule has 3 N–H and O–H groups in total. The second kappa shape index (κ2) is 23.6. The van der Waals surface area contributed by atoms with Crippen molar-refractivity contribution in [3.63, 3.8) is 0 Å². The van der Waals surface area contributed by atoms with E-state index in [0.717, 1.165) is 16.7 Å². The lowest BCUT2D eigenvalue weighted by molar-refractivity contribution is -0.122. The molecule has 5 rings (SSSR count). The van der Waals surface area contributed by atoms with Gasteiger partial charge in [0.05, 0.1) is 65.1 Å². The average Bonchev–Trinajstić information content (AvgIpc) is 3.23. The number of nitrogens with zero attached hydrogens (tertiary/aromatic N) is 5. The second-order valence-electron chi connectivity index (χ2n) is 13.1. The van der Waals surface area contributed by atoms with Crippen molar-refractivity contribution >= 4 is 33.5 Å². The summed E-state index contributed by atoms with van der Waals surface area (Å²) >= 11 is 0. The highest BCUT2D eigenvalue weighted by atomic mass is 32.2. The minimum absolute atomic E-state index is 0.0103. The molecule has 60 heavy (non-hydrogen) atoms. The molecule has 0 aliphatic carbocycles. The molecule has 0 saturated heterocycles. The van der Waals surface area contributed by atoms with E-state index in [0.29, 0.717) is 68.3 Å². The van der Waals surface area contributed by atoms with Gasteiger partial charge in [0.25, 0.3) is 10.1 Å². The van der Waals surface area contributed by atoms with Crippen molar-refractivity contribution in [2.45, 2.75) is 31.6 Å². The maximum atomic E-state index is 13.4. The minimum Gasteiger partial charge on any atom is -0.491 e. The van der Waals surface area contributed by atoms with E-state index >= 15 is 0 Å². The number of ether oxygens (including phenoxy) is 5. The number of carbonyl (C=O) groups excluding carboxylic acids is 3. The summed E-state index contributed by atoms with van der Waals surface area (Å²) < 4.78 is 61.3. The summed E-state index contributed by atoms with van der Waals surface area (Å²) in [5, 5.41) is 18.6. The van der Waals surface area contributed by atoms with Gasteiger partial charge in [-0.05, 0) is 55.0 Å². The molecule has 2 heterocycles. The Labute approximate surface area is 348 Å². The Bertz CT molecular complexity index is 2200. The summed E-state index contributed by atoms with van der Waals surface area (Å²) in [6.07, 6.45) is -0.291. The van der Waals surface area contributed by atoms with Gasteiger partial charge < -0.3 is 39.2 Å². The van der Waals surface area contributed by atoms with Gasteiger partial charge in [-0.25, -0.2) is 0 Å². The van der Waals surface area contributed by atoms with Crippen molar-refractivity contribution in [1.29, 1.82) is 0 Å². The molecule has 1 atom stereocenters. The molecule has 0 saturated carbocycles. The van der Waals surface area contributed by atoms with E-state index in [1.165, 1.54) is 0 Å². The number of amides is 3. The predicted molar refractivity (Wildman–Crippen MR) is 217 cm³/mol. The van der Waals surface area contributed by atoms with Gasteiger partial charge in [0, 0.05) is 42.6 Å². The summed E-state index contributed by atoms with van der Waals surface area (Å²) in [5.74, 6) is 5.89. The number of fused-ring (bicyclic) bond motifs is 2. The van der Waals surface area contributed by atoms with Crippen molar-refractivity contribution in [3.05, 3.63) is 95.3 Å². The van der Waals surface area contributed by atoms with Crippen LogP contribution >= 0.6 is 0 Å². The highest BCUT2D eigenvalue weighted by Gasteiger charge is 2.31. The van der Waals surface area contributed by atoms with Crippen LogP contribution in [0.2, 0.25) is 0 Å². The Morgan fingerprint density at radius 3 is 1.98 bits per heavy atom. The fourth-order valence-corrected chi connectivity index (χ4v) is 6.27. The largest absolute Gasteiger partial charge is 0.491 e. The van der Waals surface area contributed by atoms with Crippen LogP contribution in [0.3, 0.4) is 0 Å². The molecule has 18 nitrogen and oxygen atoms in total. The normalized spacial score (nSPS) is 12.5. The molecule has 1 aliphatic rings. The molecular weight excluding hydrogens is 799 g/mol. The van der Waals surface area contributed by atoms with Crippen molar-refractivity contribution in [2.75, 3.05) is 77.5 Å². The van der Waals surface area contributed by atoms with Crippen LogP contribution in [-0.2, 0) is 50.0 Å². The van der Waals surface area contributed by atoms with Crippen LogP contribution in [0, 0.1) is 18.8 Å². The molecule has 318 valence electrons. The van der Waals surface area contributed by atoms with E-state index < -0.39 is 33.7 Å². The van der Waals surface area contributed by atoms with Crippen LogP contribution in [-0.4, -0.2) is 129 Å². The number of rotatable bonds is 24. The van der Waals surface area contributed by atoms with E-state index in [2.05, 4.69) is 42.9 Å². The Morgan fingerprint density at radius 2 is 1.32 bits per heavy atom. The lowest BCUT2D eigenvalue weighted by atomic mass is 10.0. The molecule has 1 aliphatic heterocycles. The zero-order chi connectivity index (χ0) is 42.6. The fourth-order valence-electron chi connectivity index (χ4n) is 5.62. The predicted octanol–water partition coefficient (Wildman–Crippen LogP) is 1.90. The summed E-state index contributed by atoms with van der Waals surface area (Å²) in [6, 6.07) is 22.0. The van der Waals surface area contributed by atoms with Crippen molar-refractivity contribution in [3.8, 4) is 29.0 Å². The Hall–Kier alpha value is -5.88. The van der Waals surface area contributed by atoms with Gasteiger partial charge in [0.1, 0.15) is 12.4 Å². The molecule has 0 fully saturated rings. The van der Waals surface area contributed by atoms with Gasteiger partial charge in [0.15, 0.2) is 11.1 Å². The zero-order valence-corrected chi connectivity index (χ0v) is 33.9. The molecule has 0 spiro atoms. The van der Waals surface area contributed by atoms with Crippen LogP contribution in [0.1, 0.15) is 35.4 Å². The van der Waals surface area contributed by atoms with Gasteiger partial charge in [-0.15, -0.1) is 20.4 Å². The van der Waals surface area contributed by atoms with Gasteiger partial charge >= 0.3 is 0 Å². The number of aryl methyl sites for hydroxylation is 1. The van der Waals surface area contributed by atoms with Crippen molar-refractivity contribution in [2.24, 2.45) is 0 Å². The molecule has 3 amide bonds. The number of benzene rings is 3. The quantitative estimate of drug-likeness (QED) is 0.0520. The first-order valence-corrected chi connectivity index (χ1v) is 20.7. The topological polar surface area (TPSA) is 231 Å². The van der Waals surface area contributed by atoms with Crippen LogP contribution in [0.4, 0.5) is 5.69 Å². The van der Waals surface area contributed by atoms with Crippen LogP contribution in [0.5, 0.6) is 5.75 Å². The molecule has 19 heteroatoms. The minimum atomic E-state index is -4.89. The van der Waals surface area contributed by atoms with Gasteiger partial charge in [-0.3, -0.25) is 18.9 Å². The van der Waals surface area contributed by atoms with Crippen LogP contribution in [0.15, 0.2) is 72.8 Å². The number of anilines is 1. The van der Waals surface area contributed by atoms with Crippen LogP contribution < -0.4 is 20.3 Å². The Kier molecular flexibility index (Phi) is 17.8. The average molecular weight is 846 g/mol. The maximum Gasteiger partial charge on any atom is 0.278 e. The summed E-state index contributed by atoms with van der Waals surface area (Å²) in [4.78, 5) is 40.1. The van der Waals surface area contributed by atoms with Crippen molar-refractivity contribution < 1.29 is 51.0 Å². The SMILES string of the molecule is Cc1nnc(-c2ccc(OCCOCCOCCOCCOCCC(=O)NCC(C(=O)NCCC(=O)N3Cc4ccccc4C#Cc4ccccc43)S(=O)(=O)O)cc2)nn1. The molecule has 4 aromatic rings. The smallest absolute Gasteiger partial charge is 0.278 e. The molecule has 0 bridgehead atoms. The zero-order valence-electron chi connectivity index (χ0n) is 33.1. The number of aromatic nitrogens is 4. The molecule has 1 aromatic heterocycles. The highest BCUT2D eigenvalue weighted by molar-refractivity contribution is 7.87. The van der Waals surface area contributed by atoms with E-state index in [9.17, 15) is 27.4 Å². The summed E-state index contributed by atoms with van der Waals surface area (Å²) in [5.41, 5.74) is 3.70. The third kappa shape index (κ3) is 14.7. The molecule has 3 aromatic carbocycles. The first-order chi connectivity index (χ1) is 29.1. The highest BCUT2D eigenvalue weighted by Crippen LogP contribution is 2.26. The van der Waals surface area contributed by atoms with Gasteiger partial charge in [0.2, 0.25) is 23.5 Å². The third-order valence-electron chi connectivity index (χ3n) is 8.73. The van der Waals surface area contributed by atoms with E-state index in [-0.39, 0.29) is 51.7 Å².